The molecule has 2 aromatic rings. The van der Waals surface area contributed by atoms with E-state index in [9.17, 15) is 4.79 Å². The van der Waals surface area contributed by atoms with Crippen molar-refractivity contribution in [3.63, 3.8) is 0 Å². The first-order valence-electron chi connectivity index (χ1n) is 10.3. The lowest BCUT2D eigenvalue weighted by Crippen LogP contribution is -2.40. The van der Waals surface area contributed by atoms with Crippen LogP contribution in [0.5, 0.6) is 5.75 Å². The van der Waals surface area contributed by atoms with Crippen LogP contribution in [0.3, 0.4) is 0 Å². The van der Waals surface area contributed by atoms with Gasteiger partial charge in [-0.2, -0.15) is 0 Å². The Morgan fingerprint density at radius 3 is 2.46 bits per heavy atom. The molecule has 0 aliphatic carbocycles. The highest BCUT2D eigenvalue weighted by atomic mass is 16.5. The van der Waals surface area contributed by atoms with Crippen molar-refractivity contribution in [1.29, 1.82) is 0 Å². The molecule has 0 spiro atoms. The minimum Gasteiger partial charge on any atom is -0.496 e. The van der Waals surface area contributed by atoms with Crippen molar-refractivity contribution in [2.45, 2.75) is 39.2 Å². The second-order valence-corrected chi connectivity index (χ2v) is 7.68. The number of carbonyl (C=O) groups excluding carboxylic acids is 1. The second-order valence-electron chi connectivity index (χ2n) is 7.68. The van der Waals surface area contributed by atoms with Gasteiger partial charge in [-0.1, -0.05) is 42.5 Å². The first kappa shape index (κ1) is 20.4. The average Bonchev–Trinajstić information content (AvgIpc) is 2.73. The number of nitrogens with zero attached hydrogens (tertiary/aromatic N) is 1. The average molecular weight is 381 g/mol. The Hall–Kier alpha value is -2.33. The van der Waals surface area contributed by atoms with Crippen LogP contribution in [-0.2, 0) is 17.8 Å². The number of ether oxygens (including phenoxy) is 1. The van der Waals surface area contributed by atoms with E-state index in [4.69, 9.17) is 4.74 Å². The van der Waals surface area contributed by atoms with Gasteiger partial charge in [0.15, 0.2) is 0 Å². The minimum absolute atomic E-state index is 0.152. The summed E-state index contributed by atoms with van der Waals surface area (Å²) in [6, 6.07) is 16.6. The summed E-state index contributed by atoms with van der Waals surface area (Å²) in [4.78, 5) is 15.0. The minimum atomic E-state index is 0.152. The molecule has 1 amide bonds. The zero-order valence-electron chi connectivity index (χ0n) is 17.1. The highest BCUT2D eigenvalue weighted by Gasteiger charge is 2.24. The Labute approximate surface area is 168 Å². The lowest BCUT2D eigenvalue weighted by molar-refractivity contribution is -0.126. The number of para-hydroxylation sites is 1. The normalized spacial score (nSPS) is 15.4. The first-order chi connectivity index (χ1) is 13.7. The Morgan fingerprint density at radius 1 is 1.07 bits per heavy atom. The molecule has 0 saturated carbocycles. The van der Waals surface area contributed by atoms with Gasteiger partial charge in [0.1, 0.15) is 5.75 Å². The highest BCUT2D eigenvalue weighted by Crippen LogP contribution is 2.21. The van der Waals surface area contributed by atoms with Gasteiger partial charge < -0.3 is 10.1 Å². The summed E-state index contributed by atoms with van der Waals surface area (Å²) in [5.74, 6) is 1.30. The molecule has 0 unspecified atom stereocenters. The maximum atomic E-state index is 12.5. The van der Waals surface area contributed by atoms with Gasteiger partial charge in [0.25, 0.3) is 0 Å². The molecule has 0 atom stereocenters. The number of nitrogens with one attached hydrogen (secondary N) is 1. The highest BCUT2D eigenvalue weighted by molar-refractivity contribution is 5.78. The number of likely N-dealkylation sites (tertiary alicyclic amines) is 1. The summed E-state index contributed by atoms with van der Waals surface area (Å²) in [7, 11) is 1.70. The van der Waals surface area contributed by atoms with Crippen LogP contribution in [0.1, 0.15) is 36.0 Å². The smallest absolute Gasteiger partial charge is 0.223 e. The van der Waals surface area contributed by atoms with E-state index < -0.39 is 0 Å². The topological polar surface area (TPSA) is 41.6 Å². The summed E-state index contributed by atoms with van der Waals surface area (Å²) in [6.07, 6.45) is 3.74. The van der Waals surface area contributed by atoms with Crippen LogP contribution in [0.2, 0.25) is 0 Å². The molecule has 1 aliphatic rings. The third-order valence-electron chi connectivity index (χ3n) is 5.73. The van der Waals surface area contributed by atoms with Crippen molar-refractivity contribution in [2.24, 2.45) is 5.92 Å². The molecule has 4 heteroatoms. The molecule has 1 fully saturated rings. The number of rotatable bonds is 8. The third kappa shape index (κ3) is 5.59. The molecule has 1 N–H and O–H groups in total. The van der Waals surface area contributed by atoms with E-state index in [0.717, 1.165) is 57.6 Å². The Kier molecular flexibility index (Phi) is 7.49. The Balaban J connectivity index is 1.36. The maximum Gasteiger partial charge on any atom is 0.223 e. The molecule has 2 aromatic carbocycles. The molecule has 0 radical (unpaired) electrons. The molecule has 1 heterocycles. The van der Waals surface area contributed by atoms with E-state index in [1.54, 1.807) is 7.11 Å². The molecule has 28 heavy (non-hydrogen) atoms. The van der Waals surface area contributed by atoms with E-state index in [2.05, 4.69) is 47.5 Å². The third-order valence-corrected chi connectivity index (χ3v) is 5.73. The fourth-order valence-electron chi connectivity index (χ4n) is 3.93. The number of piperidine rings is 1. The van der Waals surface area contributed by atoms with Crippen molar-refractivity contribution in [1.82, 2.24) is 10.2 Å². The monoisotopic (exact) mass is 380 g/mol. The molecular formula is C24H32N2O2. The molecule has 0 aromatic heterocycles. The Morgan fingerprint density at radius 2 is 1.75 bits per heavy atom. The quantitative estimate of drug-likeness (QED) is 0.705. The molecule has 1 saturated heterocycles. The predicted octanol–water partition coefficient (Wildman–Crippen LogP) is 3.96. The number of aryl methyl sites for hydroxylation is 2. The first-order valence-corrected chi connectivity index (χ1v) is 10.3. The van der Waals surface area contributed by atoms with Gasteiger partial charge in [0, 0.05) is 19.0 Å². The van der Waals surface area contributed by atoms with Gasteiger partial charge in [0.2, 0.25) is 5.91 Å². The lowest BCUT2D eigenvalue weighted by atomic mass is 9.95. The van der Waals surface area contributed by atoms with Crippen molar-refractivity contribution in [2.75, 3.05) is 26.7 Å². The summed E-state index contributed by atoms with van der Waals surface area (Å²) >= 11 is 0. The SMILES string of the molecule is COc1ccccc1CCCNC(=O)C1CCN(Cc2ccccc2C)CC1. The number of hydrogen-bond acceptors (Lipinski definition) is 3. The van der Waals surface area contributed by atoms with Gasteiger partial charge in [-0.25, -0.2) is 0 Å². The number of methoxy groups -OCH3 is 1. The van der Waals surface area contributed by atoms with Crippen LogP contribution < -0.4 is 10.1 Å². The zero-order valence-corrected chi connectivity index (χ0v) is 17.1. The van der Waals surface area contributed by atoms with Crippen LogP contribution in [-0.4, -0.2) is 37.6 Å². The van der Waals surface area contributed by atoms with Crippen LogP contribution in [0.15, 0.2) is 48.5 Å². The van der Waals surface area contributed by atoms with Crippen molar-refractivity contribution in [3.8, 4) is 5.75 Å². The largest absolute Gasteiger partial charge is 0.496 e. The van der Waals surface area contributed by atoms with E-state index in [1.807, 2.05) is 18.2 Å². The van der Waals surface area contributed by atoms with Gasteiger partial charge in [-0.15, -0.1) is 0 Å². The summed E-state index contributed by atoms with van der Waals surface area (Å²) in [5, 5.41) is 3.14. The van der Waals surface area contributed by atoms with E-state index in [1.165, 1.54) is 16.7 Å². The van der Waals surface area contributed by atoms with Crippen LogP contribution in [0.25, 0.3) is 0 Å². The van der Waals surface area contributed by atoms with Crippen molar-refractivity contribution in [3.05, 3.63) is 65.2 Å². The molecule has 3 rings (SSSR count). The molecule has 150 valence electrons. The van der Waals surface area contributed by atoms with Gasteiger partial charge in [0.05, 0.1) is 7.11 Å². The molecule has 4 nitrogen and oxygen atoms in total. The fraction of sp³-hybridized carbons (Fsp3) is 0.458. The number of amides is 1. The van der Waals surface area contributed by atoms with Gasteiger partial charge >= 0.3 is 0 Å². The number of hydrogen-bond donors (Lipinski definition) is 1. The molecule has 0 bridgehead atoms. The van der Waals surface area contributed by atoms with Crippen LogP contribution in [0, 0.1) is 12.8 Å². The van der Waals surface area contributed by atoms with E-state index in [0.29, 0.717) is 0 Å². The van der Waals surface area contributed by atoms with Crippen molar-refractivity contribution >= 4 is 5.91 Å². The molecular weight excluding hydrogens is 348 g/mol. The maximum absolute atomic E-state index is 12.5. The fourth-order valence-corrected chi connectivity index (χ4v) is 3.93. The summed E-state index contributed by atoms with van der Waals surface area (Å²) < 4.78 is 5.39. The van der Waals surface area contributed by atoms with E-state index >= 15 is 0 Å². The van der Waals surface area contributed by atoms with Crippen molar-refractivity contribution < 1.29 is 9.53 Å². The standard InChI is InChI=1S/C24H32N2O2/c1-19-8-3-4-10-22(19)18-26-16-13-21(14-17-26)24(27)25-15-7-11-20-9-5-6-12-23(20)28-2/h3-6,8-10,12,21H,7,11,13-18H2,1-2H3,(H,25,27). The zero-order chi connectivity index (χ0) is 19.8. The number of benzene rings is 2. The number of carbonyl (C=O) groups is 1. The summed E-state index contributed by atoms with van der Waals surface area (Å²) in [6.45, 7) is 5.86. The van der Waals surface area contributed by atoms with Gasteiger partial charge in [-0.3, -0.25) is 9.69 Å². The van der Waals surface area contributed by atoms with Crippen LogP contribution in [0.4, 0.5) is 0 Å². The van der Waals surface area contributed by atoms with E-state index in [-0.39, 0.29) is 11.8 Å². The van der Waals surface area contributed by atoms with Gasteiger partial charge in [-0.05, 0) is 68.5 Å². The van der Waals surface area contributed by atoms with Crippen LogP contribution >= 0.6 is 0 Å². The molecule has 1 aliphatic heterocycles. The Bertz CT molecular complexity index is 767. The summed E-state index contributed by atoms with van der Waals surface area (Å²) in [5.41, 5.74) is 3.93. The second kappa shape index (κ2) is 10.3. The lowest BCUT2D eigenvalue weighted by Gasteiger charge is -2.31. The predicted molar refractivity (Wildman–Crippen MR) is 114 cm³/mol.